The molecule has 4 nitrogen and oxygen atoms in total. The summed E-state index contributed by atoms with van der Waals surface area (Å²) in [6, 6.07) is -0.540. The van der Waals surface area contributed by atoms with Crippen LogP contribution in [-0.4, -0.2) is 27.0 Å². The van der Waals surface area contributed by atoms with Crippen molar-refractivity contribution >= 4 is 0 Å². The predicted octanol–water partition coefficient (Wildman–Crippen LogP) is 2.15. The molecule has 1 unspecified atom stereocenters. The molecule has 0 amide bonds. The second kappa shape index (κ2) is 6.17. The molecule has 1 aromatic heterocycles. The van der Waals surface area contributed by atoms with E-state index in [1.165, 1.54) is 6.33 Å². The van der Waals surface area contributed by atoms with E-state index in [9.17, 15) is 13.2 Å². The van der Waals surface area contributed by atoms with E-state index in [2.05, 4.69) is 10.1 Å². The third kappa shape index (κ3) is 5.48. The Morgan fingerprint density at radius 1 is 1.39 bits per heavy atom. The maximum atomic E-state index is 12.1. The molecule has 0 saturated carbocycles. The van der Waals surface area contributed by atoms with Crippen LogP contribution in [0.15, 0.2) is 6.33 Å². The lowest BCUT2D eigenvalue weighted by molar-refractivity contribution is -0.136. The van der Waals surface area contributed by atoms with Crippen LogP contribution in [0.2, 0.25) is 0 Å². The summed E-state index contributed by atoms with van der Waals surface area (Å²) in [6.07, 6.45) is -3.36. The number of hydrogen-bond donors (Lipinski definition) is 1. The maximum absolute atomic E-state index is 12.1. The van der Waals surface area contributed by atoms with Crippen LogP contribution in [0.3, 0.4) is 0 Å². The average molecular weight is 264 g/mol. The van der Waals surface area contributed by atoms with Gasteiger partial charge in [-0.25, -0.2) is 9.67 Å². The molecule has 0 bridgehead atoms. The number of nitrogens with zero attached hydrogens (tertiary/aromatic N) is 3. The van der Waals surface area contributed by atoms with Gasteiger partial charge in [0.05, 0.1) is 0 Å². The van der Waals surface area contributed by atoms with E-state index in [0.29, 0.717) is 24.7 Å². The number of aromatic nitrogens is 3. The first-order valence-electron chi connectivity index (χ1n) is 5.97. The highest BCUT2D eigenvalue weighted by atomic mass is 19.4. The Kier molecular flexibility index (Phi) is 5.13. The number of alkyl halides is 3. The predicted molar refractivity (Wildman–Crippen MR) is 61.8 cm³/mol. The van der Waals surface area contributed by atoms with Crippen molar-refractivity contribution in [3.63, 3.8) is 0 Å². The molecule has 2 N–H and O–H groups in total. The van der Waals surface area contributed by atoms with Gasteiger partial charge in [0.1, 0.15) is 12.2 Å². The van der Waals surface area contributed by atoms with Crippen LogP contribution in [0, 0.1) is 5.92 Å². The second-order valence-corrected chi connectivity index (χ2v) is 4.87. The molecule has 0 aromatic carbocycles. The highest BCUT2D eigenvalue weighted by molar-refractivity contribution is 4.89. The number of halogens is 3. The molecule has 104 valence electrons. The van der Waals surface area contributed by atoms with Gasteiger partial charge in [-0.15, -0.1) is 0 Å². The molecule has 0 fully saturated rings. The van der Waals surface area contributed by atoms with Gasteiger partial charge in [0, 0.05) is 25.4 Å². The molecule has 1 heterocycles. The molecule has 7 heteroatoms. The van der Waals surface area contributed by atoms with Gasteiger partial charge in [0.15, 0.2) is 0 Å². The summed E-state index contributed by atoms with van der Waals surface area (Å²) in [5.74, 6) is 1.05. The Balaban J connectivity index is 2.49. The van der Waals surface area contributed by atoms with Crippen molar-refractivity contribution in [1.29, 1.82) is 0 Å². The molecule has 18 heavy (non-hydrogen) atoms. The van der Waals surface area contributed by atoms with E-state index in [1.54, 1.807) is 4.68 Å². The minimum atomic E-state index is -4.15. The molecule has 0 radical (unpaired) electrons. The van der Waals surface area contributed by atoms with Gasteiger partial charge in [0.25, 0.3) is 0 Å². The standard InChI is InChI=1S/C11H19F3N4/c1-8(2)6-18-10(16-7-17-18)5-9(15)3-4-11(12,13)14/h7-9H,3-6,15H2,1-2H3. The summed E-state index contributed by atoms with van der Waals surface area (Å²) in [5, 5.41) is 4.05. The van der Waals surface area contributed by atoms with Crippen LogP contribution in [-0.2, 0) is 13.0 Å². The second-order valence-electron chi connectivity index (χ2n) is 4.87. The first kappa shape index (κ1) is 14.9. The zero-order valence-electron chi connectivity index (χ0n) is 10.6. The Morgan fingerprint density at radius 2 is 2.06 bits per heavy atom. The van der Waals surface area contributed by atoms with E-state index in [0.717, 1.165) is 0 Å². The fourth-order valence-electron chi connectivity index (χ4n) is 1.63. The van der Waals surface area contributed by atoms with E-state index < -0.39 is 18.6 Å². The fourth-order valence-corrected chi connectivity index (χ4v) is 1.63. The normalized spacial score (nSPS) is 14.2. The van der Waals surface area contributed by atoms with Crippen molar-refractivity contribution in [2.75, 3.05) is 0 Å². The molecular weight excluding hydrogens is 245 g/mol. The lowest BCUT2D eigenvalue weighted by atomic mass is 10.1. The summed E-state index contributed by atoms with van der Waals surface area (Å²) < 4.78 is 37.9. The Hall–Kier alpha value is -1.11. The first-order valence-corrected chi connectivity index (χ1v) is 5.97. The van der Waals surface area contributed by atoms with Crippen molar-refractivity contribution in [3.05, 3.63) is 12.2 Å². The highest BCUT2D eigenvalue weighted by Gasteiger charge is 2.27. The van der Waals surface area contributed by atoms with Crippen LogP contribution >= 0.6 is 0 Å². The molecule has 1 aromatic rings. The minimum Gasteiger partial charge on any atom is -0.327 e. The number of nitrogens with two attached hydrogens (primary N) is 1. The molecule has 0 saturated heterocycles. The monoisotopic (exact) mass is 264 g/mol. The van der Waals surface area contributed by atoms with E-state index in [1.807, 2.05) is 13.8 Å². The molecule has 0 aliphatic heterocycles. The summed E-state index contributed by atoms with van der Waals surface area (Å²) >= 11 is 0. The Bertz CT molecular complexity index is 359. The van der Waals surface area contributed by atoms with Crippen LogP contribution < -0.4 is 5.73 Å². The molecule has 0 aliphatic carbocycles. The van der Waals surface area contributed by atoms with Crippen molar-refractivity contribution in [2.45, 2.75) is 51.9 Å². The number of rotatable bonds is 6. The quantitative estimate of drug-likeness (QED) is 0.856. The van der Waals surface area contributed by atoms with Crippen molar-refractivity contribution in [1.82, 2.24) is 14.8 Å². The van der Waals surface area contributed by atoms with Crippen molar-refractivity contribution in [3.8, 4) is 0 Å². The average Bonchev–Trinajstić information content (AvgIpc) is 2.61. The molecular formula is C11H19F3N4. The zero-order chi connectivity index (χ0) is 13.8. The molecule has 0 spiro atoms. The molecule has 0 aliphatic rings. The minimum absolute atomic E-state index is 0.0853. The van der Waals surface area contributed by atoms with Gasteiger partial charge in [0.2, 0.25) is 0 Å². The first-order chi connectivity index (χ1) is 8.28. The van der Waals surface area contributed by atoms with Gasteiger partial charge in [-0.3, -0.25) is 0 Å². The van der Waals surface area contributed by atoms with Crippen LogP contribution in [0.4, 0.5) is 13.2 Å². The lowest BCUT2D eigenvalue weighted by Crippen LogP contribution is -2.27. The fraction of sp³-hybridized carbons (Fsp3) is 0.818. The van der Waals surface area contributed by atoms with Crippen molar-refractivity contribution in [2.24, 2.45) is 11.7 Å². The maximum Gasteiger partial charge on any atom is 0.389 e. The van der Waals surface area contributed by atoms with Crippen molar-refractivity contribution < 1.29 is 13.2 Å². The SMILES string of the molecule is CC(C)Cn1ncnc1CC(N)CCC(F)(F)F. The van der Waals surface area contributed by atoms with E-state index in [4.69, 9.17) is 5.73 Å². The lowest BCUT2D eigenvalue weighted by Gasteiger charge is -2.14. The van der Waals surface area contributed by atoms with Gasteiger partial charge in [-0.1, -0.05) is 13.8 Å². The van der Waals surface area contributed by atoms with E-state index >= 15 is 0 Å². The van der Waals surface area contributed by atoms with Gasteiger partial charge in [-0.05, 0) is 12.3 Å². The van der Waals surface area contributed by atoms with Gasteiger partial charge >= 0.3 is 6.18 Å². The summed E-state index contributed by atoms with van der Waals surface area (Å²) in [6.45, 7) is 4.77. The Labute approximate surface area is 104 Å². The van der Waals surface area contributed by atoms with E-state index in [-0.39, 0.29) is 6.42 Å². The molecule has 1 rings (SSSR count). The summed E-state index contributed by atoms with van der Waals surface area (Å²) in [7, 11) is 0. The molecule has 1 atom stereocenters. The number of hydrogen-bond acceptors (Lipinski definition) is 3. The largest absolute Gasteiger partial charge is 0.389 e. The van der Waals surface area contributed by atoms with Gasteiger partial charge in [-0.2, -0.15) is 18.3 Å². The van der Waals surface area contributed by atoms with Crippen LogP contribution in [0.25, 0.3) is 0 Å². The smallest absolute Gasteiger partial charge is 0.327 e. The Morgan fingerprint density at radius 3 is 2.61 bits per heavy atom. The zero-order valence-corrected chi connectivity index (χ0v) is 10.6. The topological polar surface area (TPSA) is 56.7 Å². The third-order valence-electron chi connectivity index (χ3n) is 2.48. The summed E-state index contributed by atoms with van der Waals surface area (Å²) in [4.78, 5) is 4.04. The highest BCUT2D eigenvalue weighted by Crippen LogP contribution is 2.22. The third-order valence-corrected chi connectivity index (χ3v) is 2.48. The van der Waals surface area contributed by atoms with Crippen LogP contribution in [0.1, 0.15) is 32.5 Å². The van der Waals surface area contributed by atoms with Crippen LogP contribution in [0.5, 0.6) is 0 Å². The summed E-state index contributed by atoms with van der Waals surface area (Å²) in [5.41, 5.74) is 5.69. The van der Waals surface area contributed by atoms with Gasteiger partial charge < -0.3 is 5.73 Å².